The van der Waals surface area contributed by atoms with Crippen molar-refractivity contribution in [1.82, 2.24) is 14.9 Å². The van der Waals surface area contributed by atoms with E-state index in [2.05, 4.69) is 27.1 Å². The number of ether oxygens (including phenoxy) is 1. The molecule has 1 N–H and O–H groups in total. The first-order chi connectivity index (χ1) is 8.65. The molecule has 5 nitrogen and oxygen atoms in total. The average Bonchev–Trinajstić information content (AvgIpc) is 2.36. The normalized spacial score (nSPS) is 18.6. The lowest BCUT2D eigenvalue weighted by Gasteiger charge is -2.32. The number of morpholine rings is 1. The largest absolute Gasteiger partial charge is 0.379 e. The molecule has 18 heavy (non-hydrogen) atoms. The second-order valence-corrected chi connectivity index (χ2v) is 4.85. The maximum atomic E-state index is 5.36. The fourth-order valence-electron chi connectivity index (χ4n) is 2.19. The number of hydrogen-bond acceptors (Lipinski definition) is 5. The topological polar surface area (TPSA) is 50.3 Å². The van der Waals surface area contributed by atoms with E-state index in [-0.39, 0.29) is 0 Å². The van der Waals surface area contributed by atoms with Crippen molar-refractivity contribution in [2.75, 3.05) is 38.2 Å². The summed E-state index contributed by atoms with van der Waals surface area (Å²) in [5.41, 5.74) is 2.01. The molecular formula is C13H22N4O. The summed E-state index contributed by atoms with van der Waals surface area (Å²) in [4.78, 5) is 11.2. The van der Waals surface area contributed by atoms with Gasteiger partial charge in [-0.3, -0.25) is 4.90 Å². The van der Waals surface area contributed by atoms with E-state index >= 15 is 0 Å². The molecule has 1 unspecified atom stereocenters. The molecule has 0 aliphatic carbocycles. The van der Waals surface area contributed by atoms with E-state index in [0.717, 1.165) is 50.2 Å². The van der Waals surface area contributed by atoms with Crippen LogP contribution in [0.5, 0.6) is 0 Å². The van der Waals surface area contributed by atoms with Crippen LogP contribution in [-0.4, -0.2) is 53.8 Å². The van der Waals surface area contributed by atoms with Gasteiger partial charge in [0.25, 0.3) is 0 Å². The summed E-state index contributed by atoms with van der Waals surface area (Å²) < 4.78 is 5.36. The van der Waals surface area contributed by atoms with Crippen molar-refractivity contribution in [3.63, 3.8) is 0 Å². The number of aryl methyl sites for hydroxylation is 2. The molecule has 1 atom stereocenters. The Hall–Kier alpha value is -1.20. The second kappa shape index (κ2) is 6.11. The van der Waals surface area contributed by atoms with Crippen molar-refractivity contribution in [1.29, 1.82) is 0 Å². The minimum Gasteiger partial charge on any atom is -0.379 e. The molecule has 1 aromatic rings. The first kappa shape index (κ1) is 13.2. The molecule has 0 radical (unpaired) electrons. The molecule has 0 bridgehead atoms. The van der Waals surface area contributed by atoms with Gasteiger partial charge in [-0.1, -0.05) is 0 Å². The van der Waals surface area contributed by atoms with Crippen LogP contribution in [-0.2, 0) is 4.74 Å². The molecule has 1 aromatic heterocycles. The van der Waals surface area contributed by atoms with Crippen LogP contribution >= 0.6 is 0 Å². The summed E-state index contributed by atoms with van der Waals surface area (Å²) >= 11 is 0. The van der Waals surface area contributed by atoms with Gasteiger partial charge in [0.15, 0.2) is 0 Å². The standard InChI is InChI=1S/C13H22N4O/c1-10-8-11(2)16-13(15-10)14-9-12(3)17-4-6-18-7-5-17/h8,12H,4-7,9H2,1-3H3,(H,14,15,16). The molecule has 0 spiro atoms. The van der Waals surface area contributed by atoms with E-state index in [9.17, 15) is 0 Å². The Morgan fingerprint density at radius 2 is 1.89 bits per heavy atom. The maximum absolute atomic E-state index is 5.36. The van der Waals surface area contributed by atoms with Gasteiger partial charge in [-0.15, -0.1) is 0 Å². The Morgan fingerprint density at radius 3 is 2.50 bits per heavy atom. The van der Waals surface area contributed by atoms with E-state index in [4.69, 9.17) is 4.74 Å². The monoisotopic (exact) mass is 250 g/mol. The number of rotatable bonds is 4. The zero-order valence-corrected chi connectivity index (χ0v) is 11.4. The highest BCUT2D eigenvalue weighted by molar-refractivity contribution is 5.27. The molecule has 2 heterocycles. The minimum absolute atomic E-state index is 0.471. The summed E-state index contributed by atoms with van der Waals surface area (Å²) in [6.07, 6.45) is 0. The third-order valence-corrected chi connectivity index (χ3v) is 3.21. The molecule has 0 amide bonds. The Bertz CT molecular complexity index is 370. The highest BCUT2D eigenvalue weighted by Crippen LogP contribution is 2.07. The molecule has 1 aliphatic heterocycles. The van der Waals surface area contributed by atoms with Crippen LogP contribution in [0.4, 0.5) is 5.95 Å². The number of nitrogens with zero attached hydrogens (tertiary/aromatic N) is 3. The van der Waals surface area contributed by atoms with E-state index in [1.807, 2.05) is 19.9 Å². The summed E-state index contributed by atoms with van der Waals surface area (Å²) in [5, 5.41) is 3.32. The Labute approximate surface area is 109 Å². The molecule has 100 valence electrons. The van der Waals surface area contributed by atoms with Gasteiger partial charge >= 0.3 is 0 Å². The van der Waals surface area contributed by atoms with Crippen LogP contribution in [0.25, 0.3) is 0 Å². The van der Waals surface area contributed by atoms with Crippen LogP contribution in [0.1, 0.15) is 18.3 Å². The Balaban J connectivity index is 1.86. The van der Waals surface area contributed by atoms with Crippen molar-refractivity contribution >= 4 is 5.95 Å². The third kappa shape index (κ3) is 3.65. The van der Waals surface area contributed by atoms with Crippen LogP contribution in [0.15, 0.2) is 6.07 Å². The predicted molar refractivity (Wildman–Crippen MR) is 71.8 cm³/mol. The summed E-state index contributed by atoms with van der Waals surface area (Å²) in [7, 11) is 0. The number of anilines is 1. The van der Waals surface area contributed by atoms with Crippen LogP contribution in [0, 0.1) is 13.8 Å². The minimum atomic E-state index is 0.471. The van der Waals surface area contributed by atoms with Crippen LogP contribution in [0.3, 0.4) is 0 Å². The van der Waals surface area contributed by atoms with Gasteiger partial charge in [0.2, 0.25) is 5.95 Å². The lowest BCUT2D eigenvalue weighted by Crippen LogP contribution is -2.45. The van der Waals surface area contributed by atoms with Gasteiger partial charge < -0.3 is 10.1 Å². The van der Waals surface area contributed by atoms with E-state index in [1.54, 1.807) is 0 Å². The van der Waals surface area contributed by atoms with Crippen molar-refractivity contribution in [2.45, 2.75) is 26.8 Å². The van der Waals surface area contributed by atoms with E-state index < -0.39 is 0 Å². The van der Waals surface area contributed by atoms with Gasteiger partial charge in [0, 0.05) is 37.1 Å². The van der Waals surface area contributed by atoms with E-state index in [0.29, 0.717) is 6.04 Å². The maximum Gasteiger partial charge on any atom is 0.223 e. The zero-order chi connectivity index (χ0) is 13.0. The molecule has 0 aromatic carbocycles. The second-order valence-electron chi connectivity index (χ2n) is 4.85. The van der Waals surface area contributed by atoms with Crippen molar-refractivity contribution in [2.24, 2.45) is 0 Å². The zero-order valence-electron chi connectivity index (χ0n) is 11.4. The number of aromatic nitrogens is 2. The number of nitrogens with one attached hydrogen (secondary N) is 1. The van der Waals surface area contributed by atoms with Gasteiger partial charge in [0.05, 0.1) is 13.2 Å². The quantitative estimate of drug-likeness (QED) is 0.871. The third-order valence-electron chi connectivity index (χ3n) is 3.21. The molecular weight excluding hydrogens is 228 g/mol. The molecule has 0 saturated carbocycles. The average molecular weight is 250 g/mol. The number of hydrogen-bond donors (Lipinski definition) is 1. The molecule has 1 fully saturated rings. The lowest BCUT2D eigenvalue weighted by atomic mass is 10.2. The first-order valence-corrected chi connectivity index (χ1v) is 6.53. The fraction of sp³-hybridized carbons (Fsp3) is 0.692. The molecule has 2 rings (SSSR count). The van der Waals surface area contributed by atoms with Gasteiger partial charge in [-0.2, -0.15) is 0 Å². The van der Waals surface area contributed by atoms with Crippen molar-refractivity contribution < 1.29 is 4.74 Å². The van der Waals surface area contributed by atoms with Crippen molar-refractivity contribution in [3.05, 3.63) is 17.5 Å². The summed E-state index contributed by atoms with van der Waals surface area (Å²) in [6.45, 7) is 10.8. The summed E-state index contributed by atoms with van der Waals surface area (Å²) in [5.74, 6) is 0.729. The van der Waals surface area contributed by atoms with Crippen LogP contribution in [0.2, 0.25) is 0 Å². The lowest BCUT2D eigenvalue weighted by molar-refractivity contribution is 0.0227. The fourth-order valence-corrected chi connectivity index (χ4v) is 2.19. The highest BCUT2D eigenvalue weighted by atomic mass is 16.5. The SMILES string of the molecule is Cc1cc(C)nc(NCC(C)N2CCOCC2)n1. The Morgan fingerprint density at radius 1 is 1.28 bits per heavy atom. The molecule has 5 heteroatoms. The van der Waals surface area contributed by atoms with Crippen LogP contribution < -0.4 is 5.32 Å². The predicted octanol–water partition coefficient (Wildman–Crippen LogP) is 1.23. The highest BCUT2D eigenvalue weighted by Gasteiger charge is 2.16. The van der Waals surface area contributed by atoms with Gasteiger partial charge in [-0.05, 0) is 26.8 Å². The van der Waals surface area contributed by atoms with E-state index in [1.165, 1.54) is 0 Å². The van der Waals surface area contributed by atoms with Gasteiger partial charge in [0.1, 0.15) is 0 Å². The summed E-state index contributed by atoms with van der Waals surface area (Å²) in [6, 6.07) is 2.45. The smallest absolute Gasteiger partial charge is 0.223 e. The molecule has 1 saturated heterocycles. The Kier molecular flexibility index (Phi) is 4.49. The molecule has 1 aliphatic rings. The first-order valence-electron chi connectivity index (χ1n) is 6.53. The van der Waals surface area contributed by atoms with Crippen molar-refractivity contribution in [3.8, 4) is 0 Å². The van der Waals surface area contributed by atoms with Gasteiger partial charge in [-0.25, -0.2) is 9.97 Å².